The lowest BCUT2D eigenvalue weighted by atomic mass is 10.1. The second-order valence-electron chi connectivity index (χ2n) is 4.90. The number of amidine groups is 1. The van der Waals surface area contributed by atoms with Crippen LogP contribution in [0.25, 0.3) is 0 Å². The Morgan fingerprint density at radius 1 is 1.53 bits per heavy atom. The summed E-state index contributed by atoms with van der Waals surface area (Å²) in [7, 11) is 0. The first-order chi connectivity index (χ1) is 9.19. The first-order valence-corrected chi connectivity index (χ1v) is 6.72. The molecule has 0 heterocycles. The first-order valence-electron chi connectivity index (χ1n) is 6.72. The molecule has 1 aliphatic rings. The van der Waals surface area contributed by atoms with E-state index >= 15 is 0 Å². The van der Waals surface area contributed by atoms with Crippen LogP contribution in [0, 0.1) is 5.82 Å². The normalized spacial score (nSPS) is 15.6. The van der Waals surface area contributed by atoms with Crippen LogP contribution in [-0.4, -0.2) is 23.6 Å². The van der Waals surface area contributed by atoms with Gasteiger partial charge in [0.2, 0.25) is 0 Å². The summed E-state index contributed by atoms with van der Waals surface area (Å²) in [6, 6.07) is 5.30. The van der Waals surface area contributed by atoms with E-state index in [4.69, 9.17) is 10.9 Å². The standard InChI is InChI=1S/C14H20FN3O/c1-2-3-9-18(10-7-8-10)12-6-4-5-11(15)13(12)14(16)17-19/h4-6,10,19H,2-3,7-9H2,1H3,(H2,16,17). The van der Waals surface area contributed by atoms with Crippen LogP contribution in [0.15, 0.2) is 23.4 Å². The van der Waals surface area contributed by atoms with Crippen molar-refractivity contribution in [2.75, 3.05) is 11.4 Å². The number of halogens is 1. The van der Waals surface area contributed by atoms with E-state index in [0.717, 1.165) is 37.9 Å². The maximum atomic E-state index is 14.0. The molecule has 4 nitrogen and oxygen atoms in total. The molecule has 0 bridgehead atoms. The highest BCUT2D eigenvalue weighted by molar-refractivity contribution is 6.02. The number of benzene rings is 1. The minimum atomic E-state index is -0.449. The molecule has 1 aromatic carbocycles. The summed E-state index contributed by atoms with van der Waals surface area (Å²) in [5, 5.41) is 11.8. The van der Waals surface area contributed by atoms with Crippen molar-refractivity contribution in [3.8, 4) is 0 Å². The fourth-order valence-corrected chi connectivity index (χ4v) is 2.27. The van der Waals surface area contributed by atoms with Gasteiger partial charge in [0.1, 0.15) is 5.82 Å². The molecular weight excluding hydrogens is 245 g/mol. The van der Waals surface area contributed by atoms with Gasteiger partial charge in [-0.05, 0) is 31.4 Å². The van der Waals surface area contributed by atoms with E-state index in [0.29, 0.717) is 6.04 Å². The summed E-state index contributed by atoms with van der Waals surface area (Å²) >= 11 is 0. The van der Waals surface area contributed by atoms with E-state index < -0.39 is 5.82 Å². The lowest BCUT2D eigenvalue weighted by molar-refractivity contribution is 0.318. The highest BCUT2D eigenvalue weighted by Gasteiger charge is 2.31. The predicted octanol–water partition coefficient (Wildman–Crippen LogP) is 2.69. The predicted molar refractivity (Wildman–Crippen MR) is 74.2 cm³/mol. The van der Waals surface area contributed by atoms with Crippen LogP contribution in [0.5, 0.6) is 0 Å². The Morgan fingerprint density at radius 3 is 2.84 bits per heavy atom. The van der Waals surface area contributed by atoms with Gasteiger partial charge in [-0.1, -0.05) is 24.6 Å². The molecule has 0 radical (unpaired) electrons. The number of rotatable bonds is 6. The third-order valence-corrected chi connectivity index (χ3v) is 3.41. The quantitative estimate of drug-likeness (QED) is 0.360. The molecule has 0 aliphatic heterocycles. The molecule has 0 saturated heterocycles. The molecule has 104 valence electrons. The van der Waals surface area contributed by atoms with Gasteiger partial charge in [-0.25, -0.2) is 4.39 Å². The third-order valence-electron chi connectivity index (χ3n) is 3.41. The molecule has 2 rings (SSSR count). The molecule has 0 unspecified atom stereocenters. The molecule has 1 fully saturated rings. The minimum absolute atomic E-state index is 0.171. The van der Waals surface area contributed by atoms with Crippen molar-refractivity contribution < 1.29 is 9.60 Å². The zero-order chi connectivity index (χ0) is 13.8. The average Bonchev–Trinajstić information content (AvgIpc) is 3.23. The molecule has 1 aromatic rings. The van der Waals surface area contributed by atoms with E-state index in [-0.39, 0.29) is 11.4 Å². The van der Waals surface area contributed by atoms with Crippen molar-refractivity contribution in [3.63, 3.8) is 0 Å². The molecule has 0 atom stereocenters. The van der Waals surface area contributed by atoms with Crippen molar-refractivity contribution in [1.29, 1.82) is 0 Å². The molecule has 5 heteroatoms. The molecule has 0 spiro atoms. The van der Waals surface area contributed by atoms with E-state index in [1.165, 1.54) is 6.07 Å². The summed E-state index contributed by atoms with van der Waals surface area (Å²) in [5.74, 6) is -0.620. The lowest BCUT2D eigenvalue weighted by Crippen LogP contribution is -2.30. The summed E-state index contributed by atoms with van der Waals surface area (Å²) in [6.45, 7) is 3.00. The van der Waals surface area contributed by atoms with Crippen LogP contribution < -0.4 is 10.6 Å². The van der Waals surface area contributed by atoms with Crippen LogP contribution >= 0.6 is 0 Å². The second kappa shape index (κ2) is 5.91. The van der Waals surface area contributed by atoms with E-state index in [2.05, 4.69) is 17.0 Å². The summed E-state index contributed by atoms with van der Waals surface area (Å²) in [5.41, 5.74) is 6.55. The summed E-state index contributed by atoms with van der Waals surface area (Å²) in [6.07, 6.45) is 4.37. The minimum Gasteiger partial charge on any atom is -0.409 e. The van der Waals surface area contributed by atoms with Gasteiger partial charge in [0.15, 0.2) is 5.84 Å². The van der Waals surface area contributed by atoms with Gasteiger partial charge in [0, 0.05) is 12.6 Å². The Bertz CT molecular complexity index is 472. The number of hydrogen-bond acceptors (Lipinski definition) is 3. The molecule has 0 amide bonds. The van der Waals surface area contributed by atoms with Crippen molar-refractivity contribution in [3.05, 3.63) is 29.6 Å². The number of anilines is 1. The van der Waals surface area contributed by atoms with E-state index in [1.54, 1.807) is 6.07 Å². The van der Waals surface area contributed by atoms with Gasteiger partial charge in [-0.15, -0.1) is 0 Å². The van der Waals surface area contributed by atoms with Gasteiger partial charge in [-0.3, -0.25) is 0 Å². The van der Waals surface area contributed by atoms with E-state index in [9.17, 15) is 4.39 Å². The van der Waals surface area contributed by atoms with Crippen LogP contribution in [0.1, 0.15) is 38.2 Å². The monoisotopic (exact) mass is 265 g/mol. The SMILES string of the molecule is CCCCN(c1cccc(F)c1C(N)=NO)C1CC1. The molecule has 0 aromatic heterocycles. The van der Waals surface area contributed by atoms with Gasteiger partial charge in [0.05, 0.1) is 11.3 Å². The van der Waals surface area contributed by atoms with Crippen LogP contribution in [0.2, 0.25) is 0 Å². The maximum absolute atomic E-state index is 14.0. The molecular formula is C14H20FN3O. The summed E-state index contributed by atoms with van der Waals surface area (Å²) < 4.78 is 14.0. The number of unbranched alkanes of at least 4 members (excludes halogenated alkanes) is 1. The number of hydrogen-bond donors (Lipinski definition) is 2. The average molecular weight is 265 g/mol. The van der Waals surface area contributed by atoms with Crippen molar-refractivity contribution in [1.82, 2.24) is 0 Å². The van der Waals surface area contributed by atoms with Gasteiger partial charge >= 0.3 is 0 Å². The van der Waals surface area contributed by atoms with Gasteiger partial charge in [-0.2, -0.15) is 0 Å². The highest BCUT2D eigenvalue weighted by atomic mass is 19.1. The smallest absolute Gasteiger partial charge is 0.175 e. The first kappa shape index (κ1) is 13.6. The molecule has 1 saturated carbocycles. The fraction of sp³-hybridized carbons (Fsp3) is 0.500. The van der Waals surface area contributed by atoms with Crippen LogP contribution in [0.4, 0.5) is 10.1 Å². The van der Waals surface area contributed by atoms with Crippen LogP contribution in [0.3, 0.4) is 0 Å². The Labute approximate surface area is 112 Å². The number of nitrogens with zero attached hydrogens (tertiary/aromatic N) is 2. The Balaban J connectivity index is 2.38. The maximum Gasteiger partial charge on any atom is 0.175 e. The Kier molecular flexibility index (Phi) is 4.24. The van der Waals surface area contributed by atoms with E-state index in [1.807, 2.05) is 6.07 Å². The number of nitrogens with two attached hydrogens (primary N) is 1. The molecule has 1 aliphatic carbocycles. The zero-order valence-electron chi connectivity index (χ0n) is 11.1. The largest absolute Gasteiger partial charge is 0.409 e. The van der Waals surface area contributed by atoms with Gasteiger partial charge in [0.25, 0.3) is 0 Å². The number of oxime groups is 1. The van der Waals surface area contributed by atoms with Crippen molar-refractivity contribution >= 4 is 11.5 Å². The lowest BCUT2D eigenvalue weighted by Gasteiger charge is -2.27. The van der Waals surface area contributed by atoms with Crippen LogP contribution in [-0.2, 0) is 0 Å². The van der Waals surface area contributed by atoms with Gasteiger partial charge < -0.3 is 15.8 Å². The molecule has 3 N–H and O–H groups in total. The third kappa shape index (κ3) is 2.97. The Morgan fingerprint density at radius 2 is 2.26 bits per heavy atom. The second-order valence-corrected chi connectivity index (χ2v) is 4.90. The van der Waals surface area contributed by atoms with Crippen molar-refractivity contribution in [2.24, 2.45) is 10.9 Å². The highest BCUT2D eigenvalue weighted by Crippen LogP contribution is 2.34. The fourth-order valence-electron chi connectivity index (χ4n) is 2.27. The molecule has 19 heavy (non-hydrogen) atoms. The zero-order valence-corrected chi connectivity index (χ0v) is 11.1. The van der Waals surface area contributed by atoms with Crippen molar-refractivity contribution in [2.45, 2.75) is 38.6 Å². The summed E-state index contributed by atoms with van der Waals surface area (Å²) in [4.78, 5) is 2.18. The topological polar surface area (TPSA) is 61.8 Å². The Hall–Kier alpha value is -1.78.